The van der Waals surface area contributed by atoms with E-state index >= 15 is 0 Å². The summed E-state index contributed by atoms with van der Waals surface area (Å²) in [7, 11) is 4.02. The molecule has 18 heavy (non-hydrogen) atoms. The van der Waals surface area contributed by atoms with Gasteiger partial charge in [-0.2, -0.15) is 0 Å². The van der Waals surface area contributed by atoms with E-state index in [-0.39, 0.29) is 12.0 Å². The first-order valence-electron chi connectivity index (χ1n) is 6.15. The molecular weight excluding hydrogens is 248 g/mol. The first kappa shape index (κ1) is 15.1. The molecule has 0 saturated heterocycles. The Labute approximate surface area is 113 Å². The van der Waals surface area contributed by atoms with Crippen LogP contribution < -0.4 is 5.32 Å². The molecule has 4 nitrogen and oxygen atoms in total. The van der Waals surface area contributed by atoms with Crippen LogP contribution in [0.1, 0.15) is 23.4 Å². The van der Waals surface area contributed by atoms with Crippen LogP contribution >= 0.6 is 11.3 Å². The molecule has 0 radical (unpaired) electrons. The Bertz CT molecular complexity index is 377. The van der Waals surface area contributed by atoms with Gasteiger partial charge in [0.2, 0.25) is 0 Å². The summed E-state index contributed by atoms with van der Waals surface area (Å²) in [6.45, 7) is 5.91. The van der Waals surface area contributed by atoms with E-state index in [4.69, 9.17) is 4.74 Å². The minimum Gasteiger partial charge on any atom is -0.465 e. The van der Waals surface area contributed by atoms with Crippen molar-refractivity contribution in [3.8, 4) is 0 Å². The number of hydrogen-bond acceptors (Lipinski definition) is 5. The normalized spacial score (nSPS) is 12.7. The van der Waals surface area contributed by atoms with Crippen molar-refractivity contribution < 1.29 is 9.53 Å². The van der Waals surface area contributed by atoms with Crippen molar-refractivity contribution in [2.75, 3.05) is 33.8 Å². The number of carbonyl (C=O) groups is 1. The lowest BCUT2D eigenvalue weighted by Gasteiger charge is -2.18. The lowest BCUT2D eigenvalue weighted by molar-refractivity contribution is -0.145. The quantitative estimate of drug-likeness (QED) is 0.767. The number of likely N-dealkylation sites (N-methyl/N-ethyl adjacent to an activating group) is 1. The topological polar surface area (TPSA) is 41.6 Å². The molecular formula is C13H22N2O2S. The molecule has 0 bridgehead atoms. The highest BCUT2D eigenvalue weighted by Crippen LogP contribution is 2.24. The molecule has 0 spiro atoms. The first-order valence-corrected chi connectivity index (χ1v) is 7.03. The van der Waals surface area contributed by atoms with Crippen LogP contribution in [0.5, 0.6) is 0 Å². The average Bonchev–Trinajstić information content (AvgIpc) is 2.71. The predicted molar refractivity (Wildman–Crippen MR) is 75.0 cm³/mol. The molecule has 0 fully saturated rings. The summed E-state index contributed by atoms with van der Waals surface area (Å²) < 4.78 is 5.13. The Morgan fingerprint density at radius 2 is 2.28 bits per heavy atom. The van der Waals surface area contributed by atoms with Crippen LogP contribution in [0.3, 0.4) is 0 Å². The minimum atomic E-state index is -0.343. The van der Waals surface area contributed by atoms with Gasteiger partial charge in [0.15, 0.2) is 0 Å². The number of rotatable bonds is 7. The molecule has 0 aromatic carbocycles. The average molecular weight is 270 g/mol. The van der Waals surface area contributed by atoms with E-state index in [1.165, 1.54) is 0 Å². The molecule has 1 heterocycles. The summed E-state index contributed by atoms with van der Waals surface area (Å²) in [4.78, 5) is 15.1. The van der Waals surface area contributed by atoms with Crippen LogP contribution in [0.15, 0.2) is 11.4 Å². The van der Waals surface area contributed by atoms with Crippen molar-refractivity contribution in [1.82, 2.24) is 10.2 Å². The Morgan fingerprint density at radius 1 is 1.56 bits per heavy atom. The number of nitrogens with one attached hydrogen (secondary N) is 1. The lowest BCUT2D eigenvalue weighted by Crippen LogP contribution is -2.34. The van der Waals surface area contributed by atoms with Crippen LogP contribution in [-0.4, -0.2) is 44.7 Å². The Kier molecular flexibility index (Phi) is 6.32. The van der Waals surface area contributed by atoms with E-state index in [0.29, 0.717) is 6.61 Å². The van der Waals surface area contributed by atoms with Crippen LogP contribution in [0.2, 0.25) is 0 Å². The molecule has 1 N–H and O–H groups in total. The first-order chi connectivity index (χ1) is 8.56. The Morgan fingerprint density at radius 3 is 2.78 bits per heavy atom. The zero-order valence-corrected chi connectivity index (χ0v) is 12.3. The fraction of sp³-hybridized carbons (Fsp3) is 0.615. The third-order valence-electron chi connectivity index (χ3n) is 2.59. The molecule has 0 aliphatic heterocycles. The molecule has 0 saturated carbocycles. The van der Waals surface area contributed by atoms with Gasteiger partial charge in [0.05, 0.1) is 6.61 Å². The zero-order chi connectivity index (χ0) is 13.5. The van der Waals surface area contributed by atoms with Gasteiger partial charge in [-0.25, -0.2) is 4.79 Å². The lowest BCUT2D eigenvalue weighted by atomic mass is 10.1. The van der Waals surface area contributed by atoms with Gasteiger partial charge in [-0.1, -0.05) is 0 Å². The fourth-order valence-electron chi connectivity index (χ4n) is 1.62. The maximum atomic E-state index is 12.0. The number of ether oxygens (including phenoxy) is 1. The van der Waals surface area contributed by atoms with Gasteiger partial charge < -0.3 is 9.64 Å². The molecule has 102 valence electrons. The van der Waals surface area contributed by atoms with Gasteiger partial charge in [-0.15, -0.1) is 11.3 Å². The number of carbonyl (C=O) groups excluding carboxylic acids is 1. The van der Waals surface area contributed by atoms with Crippen molar-refractivity contribution in [1.29, 1.82) is 0 Å². The van der Waals surface area contributed by atoms with E-state index in [1.54, 1.807) is 11.3 Å². The number of hydrogen-bond donors (Lipinski definition) is 1. The maximum absolute atomic E-state index is 12.0. The van der Waals surface area contributed by atoms with E-state index in [9.17, 15) is 4.79 Å². The summed E-state index contributed by atoms with van der Waals surface area (Å²) in [6.07, 6.45) is 0. The minimum absolute atomic E-state index is 0.193. The number of thiophene rings is 1. The summed E-state index contributed by atoms with van der Waals surface area (Å²) in [5, 5.41) is 5.28. The van der Waals surface area contributed by atoms with Gasteiger partial charge in [0, 0.05) is 18.0 Å². The molecule has 1 atom stereocenters. The summed E-state index contributed by atoms with van der Waals surface area (Å²) in [6, 6.07) is 1.68. The fourth-order valence-corrected chi connectivity index (χ4v) is 2.61. The standard InChI is InChI=1S/C13H22N2O2S/c1-5-17-13(16)11(14-7-8-15(3)4)12-10(2)6-9-18-12/h6,9,11,14H,5,7-8H2,1-4H3. The van der Waals surface area contributed by atoms with Crippen molar-refractivity contribution in [3.05, 3.63) is 21.9 Å². The molecule has 0 amide bonds. The largest absolute Gasteiger partial charge is 0.465 e. The van der Waals surface area contributed by atoms with Gasteiger partial charge in [-0.05, 0) is 45.0 Å². The molecule has 1 unspecified atom stereocenters. The highest BCUT2D eigenvalue weighted by atomic mass is 32.1. The predicted octanol–water partition coefficient (Wildman–Crippen LogP) is 1.81. The van der Waals surface area contributed by atoms with E-state index < -0.39 is 0 Å². The number of aryl methyl sites for hydroxylation is 1. The molecule has 1 rings (SSSR count). The monoisotopic (exact) mass is 270 g/mol. The van der Waals surface area contributed by atoms with Crippen molar-refractivity contribution in [2.24, 2.45) is 0 Å². The van der Waals surface area contributed by atoms with Crippen molar-refractivity contribution >= 4 is 17.3 Å². The second-order valence-corrected chi connectivity index (χ2v) is 5.36. The second kappa shape index (κ2) is 7.51. The molecule has 0 aliphatic carbocycles. The molecule has 5 heteroatoms. The summed E-state index contributed by atoms with van der Waals surface area (Å²) >= 11 is 1.59. The highest BCUT2D eigenvalue weighted by molar-refractivity contribution is 7.10. The Balaban J connectivity index is 2.70. The third kappa shape index (κ3) is 4.40. The second-order valence-electron chi connectivity index (χ2n) is 4.41. The molecule has 1 aromatic heterocycles. The van der Waals surface area contributed by atoms with Crippen LogP contribution in [0.25, 0.3) is 0 Å². The summed E-state index contributed by atoms with van der Waals surface area (Å²) in [5.74, 6) is -0.193. The van der Waals surface area contributed by atoms with E-state index in [0.717, 1.165) is 23.5 Å². The maximum Gasteiger partial charge on any atom is 0.328 e. The smallest absolute Gasteiger partial charge is 0.328 e. The van der Waals surface area contributed by atoms with Gasteiger partial charge in [-0.3, -0.25) is 5.32 Å². The van der Waals surface area contributed by atoms with Crippen LogP contribution in [0.4, 0.5) is 0 Å². The number of esters is 1. The number of nitrogens with zero attached hydrogens (tertiary/aromatic N) is 1. The molecule has 1 aromatic rings. The Hall–Kier alpha value is -0.910. The van der Waals surface area contributed by atoms with Gasteiger partial charge >= 0.3 is 5.97 Å². The van der Waals surface area contributed by atoms with Gasteiger partial charge in [0.1, 0.15) is 6.04 Å². The zero-order valence-electron chi connectivity index (χ0n) is 11.5. The highest BCUT2D eigenvalue weighted by Gasteiger charge is 2.23. The van der Waals surface area contributed by atoms with Crippen LogP contribution in [-0.2, 0) is 9.53 Å². The SMILES string of the molecule is CCOC(=O)C(NCCN(C)C)c1sccc1C. The third-order valence-corrected chi connectivity index (χ3v) is 3.68. The van der Waals surface area contributed by atoms with E-state index in [1.807, 2.05) is 39.4 Å². The molecule has 0 aliphatic rings. The van der Waals surface area contributed by atoms with Crippen LogP contribution in [0, 0.1) is 6.92 Å². The van der Waals surface area contributed by atoms with Gasteiger partial charge in [0.25, 0.3) is 0 Å². The summed E-state index contributed by atoms with van der Waals surface area (Å²) in [5.41, 5.74) is 1.13. The van der Waals surface area contributed by atoms with E-state index in [2.05, 4.69) is 10.2 Å². The van der Waals surface area contributed by atoms with Crippen molar-refractivity contribution in [2.45, 2.75) is 19.9 Å². The van der Waals surface area contributed by atoms with Crippen molar-refractivity contribution in [3.63, 3.8) is 0 Å².